The second-order valence-electron chi connectivity index (χ2n) is 9.75. The molecule has 38 heavy (non-hydrogen) atoms. The molecule has 1 aliphatic rings. The van der Waals surface area contributed by atoms with E-state index in [1.54, 1.807) is 7.11 Å². The number of hydrogen-bond acceptors (Lipinski definition) is 6. The van der Waals surface area contributed by atoms with E-state index in [0.717, 1.165) is 29.7 Å². The standard InChI is InChI=1S/C30H37N3O5/c1-5-6-7-8-19-38-23-14-12-22(13-15-23)26-24(28(35)30(36)33(26)17-10-18-37-4)27(34)25-21(3)32-16-9-11-20(2)29(32)31-25/h9,11-16,26,34H,5-8,10,17-19H2,1-4H3/b27-24+. The maximum absolute atomic E-state index is 13.3. The van der Waals surface area contributed by atoms with Gasteiger partial charge in [0.1, 0.15) is 17.1 Å². The Bertz CT molecular complexity index is 1330. The van der Waals surface area contributed by atoms with Crippen LogP contribution >= 0.6 is 0 Å². The van der Waals surface area contributed by atoms with E-state index in [-0.39, 0.29) is 11.3 Å². The third-order valence-electron chi connectivity index (χ3n) is 7.06. The largest absolute Gasteiger partial charge is 0.505 e. The van der Waals surface area contributed by atoms with Crippen molar-refractivity contribution in [2.24, 2.45) is 0 Å². The first-order valence-corrected chi connectivity index (χ1v) is 13.3. The number of methoxy groups -OCH3 is 1. The second kappa shape index (κ2) is 12.3. The maximum atomic E-state index is 13.3. The van der Waals surface area contributed by atoms with Crippen molar-refractivity contribution < 1.29 is 24.2 Å². The van der Waals surface area contributed by atoms with Crippen LogP contribution in [0.1, 0.15) is 67.6 Å². The number of aryl methyl sites for hydroxylation is 2. The molecular weight excluding hydrogens is 482 g/mol. The Labute approximate surface area is 223 Å². The van der Waals surface area contributed by atoms with Gasteiger partial charge in [0.25, 0.3) is 11.7 Å². The molecule has 0 bridgehead atoms. The fourth-order valence-electron chi connectivity index (χ4n) is 4.98. The molecule has 1 fully saturated rings. The van der Waals surface area contributed by atoms with Gasteiger partial charge in [0.2, 0.25) is 0 Å². The molecule has 8 nitrogen and oxygen atoms in total. The molecule has 1 saturated heterocycles. The fraction of sp³-hybridized carbons (Fsp3) is 0.433. The summed E-state index contributed by atoms with van der Waals surface area (Å²) in [6.07, 6.45) is 6.91. The number of ether oxygens (including phenoxy) is 2. The van der Waals surface area contributed by atoms with Gasteiger partial charge in [-0.25, -0.2) is 4.98 Å². The van der Waals surface area contributed by atoms with Crippen molar-refractivity contribution in [1.82, 2.24) is 14.3 Å². The van der Waals surface area contributed by atoms with E-state index in [4.69, 9.17) is 9.47 Å². The van der Waals surface area contributed by atoms with Gasteiger partial charge < -0.3 is 23.9 Å². The van der Waals surface area contributed by atoms with Crippen molar-refractivity contribution in [3.63, 3.8) is 0 Å². The third kappa shape index (κ3) is 5.45. The number of aromatic nitrogens is 2. The molecule has 1 aliphatic heterocycles. The van der Waals surface area contributed by atoms with Crippen molar-refractivity contribution in [1.29, 1.82) is 0 Å². The number of fused-ring (bicyclic) bond motifs is 1. The van der Waals surface area contributed by atoms with Crippen LogP contribution in [0.2, 0.25) is 0 Å². The lowest BCUT2D eigenvalue weighted by atomic mass is 9.96. The van der Waals surface area contributed by atoms with Gasteiger partial charge in [-0.2, -0.15) is 0 Å². The van der Waals surface area contributed by atoms with Crippen molar-refractivity contribution in [2.75, 3.05) is 26.9 Å². The Morgan fingerprint density at radius 3 is 2.47 bits per heavy atom. The quantitative estimate of drug-likeness (QED) is 0.150. The van der Waals surface area contributed by atoms with Gasteiger partial charge in [-0.1, -0.05) is 44.4 Å². The molecular formula is C30H37N3O5. The lowest BCUT2D eigenvalue weighted by molar-refractivity contribution is -0.140. The predicted molar refractivity (Wildman–Crippen MR) is 146 cm³/mol. The van der Waals surface area contributed by atoms with E-state index in [0.29, 0.717) is 43.2 Å². The number of likely N-dealkylation sites (tertiary alicyclic amines) is 1. The Balaban J connectivity index is 1.72. The number of hydrogen-bond donors (Lipinski definition) is 1. The van der Waals surface area contributed by atoms with Crippen LogP contribution in [0.3, 0.4) is 0 Å². The first kappa shape index (κ1) is 27.4. The summed E-state index contributed by atoms with van der Waals surface area (Å²) < 4.78 is 12.9. The summed E-state index contributed by atoms with van der Waals surface area (Å²) in [5, 5.41) is 11.5. The molecule has 2 aromatic heterocycles. The molecule has 3 aromatic rings. The molecule has 0 radical (unpaired) electrons. The second-order valence-corrected chi connectivity index (χ2v) is 9.75. The Morgan fingerprint density at radius 2 is 1.79 bits per heavy atom. The lowest BCUT2D eigenvalue weighted by Gasteiger charge is -2.25. The molecule has 1 atom stereocenters. The summed E-state index contributed by atoms with van der Waals surface area (Å²) in [5.41, 5.74) is 3.39. The van der Waals surface area contributed by atoms with E-state index < -0.39 is 17.7 Å². The fourth-order valence-corrected chi connectivity index (χ4v) is 4.98. The van der Waals surface area contributed by atoms with Gasteiger partial charge in [-0.15, -0.1) is 0 Å². The number of aliphatic hydroxyl groups is 1. The molecule has 0 saturated carbocycles. The van der Waals surface area contributed by atoms with Crippen LogP contribution in [0.15, 0.2) is 48.2 Å². The average molecular weight is 520 g/mol. The van der Waals surface area contributed by atoms with Crippen molar-refractivity contribution >= 4 is 23.1 Å². The molecule has 202 valence electrons. The van der Waals surface area contributed by atoms with Gasteiger partial charge in [0, 0.05) is 26.5 Å². The van der Waals surface area contributed by atoms with Crippen LogP contribution in [0.5, 0.6) is 5.75 Å². The maximum Gasteiger partial charge on any atom is 0.295 e. The number of unbranched alkanes of at least 4 members (excludes halogenated alkanes) is 3. The number of rotatable bonds is 12. The minimum absolute atomic E-state index is 0.0461. The zero-order valence-electron chi connectivity index (χ0n) is 22.7. The number of pyridine rings is 1. The van der Waals surface area contributed by atoms with E-state index in [1.807, 2.05) is 60.8 Å². The smallest absolute Gasteiger partial charge is 0.295 e. The molecule has 1 unspecified atom stereocenters. The van der Waals surface area contributed by atoms with Gasteiger partial charge >= 0.3 is 0 Å². The normalized spacial score (nSPS) is 17.1. The average Bonchev–Trinajstić information content (AvgIpc) is 3.39. The Morgan fingerprint density at radius 1 is 1.03 bits per heavy atom. The van der Waals surface area contributed by atoms with E-state index in [9.17, 15) is 14.7 Å². The number of amides is 1. The van der Waals surface area contributed by atoms with Crippen LogP contribution in [0.4, 0.5) is 0 Å². The van der Waals surface area contributed by atoms with Crippen LogP contribution in [-0.4, -0.2) is 57.9 Å². The van der Waals surface area contributed by atoms with Crippen LogP contribution in [-0.2, 0) is 14.3 Å². The minimum Gasteiger partial charge on any atom is -0.505 e. The number of imidazole rings is 1. The number of benzene rings is 1. The van der Waals surface area contributed by atoms with E-state index in [2.05, 4.69) is 11.9 Å². The number of carbonyl (C=O) groups is 2. The van der Waals surface area contributed by atoms with Crippen LogP contribution < -0.4 is 4.74 Å². The first-order chi connectivity index (χ1) is 18.4. The summed E-state index contributed by atoms with van der Waals surface area (Å²) in [5.74, 6) is -0.886. The summed E-state index contributed by atoms with van der Waals surface area (Å²) in [4.78, 5) is 32.7. The molecule has 1 aromatic carbocycles. The van der Waals surface area contributed by atoms with Gasteiger partial charge in [-0.3, -0.25) is 9.59 Å². The van der Waals surface area contributed by atoms with Gasteiger partial charge in [0.05, 0.1) is 23.9 Å². The topological polar surface area (TPSA) is 93.4 Å². The number of ketones is 1. The lowest BCUT2D eigenvalue weighted by Crippen LogP contribution is -2.31. The summed E-state index contributed by atoms with van der Waals surface area (Å²) >= 11 is 0. The third-order valence-corrected chi connectivity index (χ3v) is 7.06. The van der Waals surface area contributed by atoms with E-state index >= 15 is 0 Å². The highest BCUT2D eigenvalue weighted by atomic mass is 16.5. The number of aliphatic hydroxyl groups excluding tert-OH is 1. The molecule has 4 rings (SSSR count). The minimum atomic E-state index is -0.740. The summed E-state index contributed by atoms with van der Waals surface area (Å²) in [6, 6.07) is 10.5. The number of carbonyl (C=O) groups excluding carboxylic acids is 2. The SMILES string of the molecule is CCCCCCOc1ccc(C2/C(=C(\O)c3nc4c(C)cccn4c3C)C(=O)C(=O)N2CCCOC)cc1. The number of Topliss-reactive ketones (excluding diaryl/α,β-unsaturated/α-hetero) is 1. The first-order valence-electron chi connectivity index (χ1n) is 13.3. The monoisotopic (exact) mass is 519 g/mol. The zero-order chi connectivity index (χ0) is 27.2. The van der Waals surface area contributed by atoms with Gasteiger partial charge in [0.15, 0.2) is 5.76 Å². The molecule has 1 N–H and O–H groups in total. The highest BCUT2D eigenvalue weighted by molar-refractivity contribution is 6.46. The highest BCUT2D eigenvalue weighted by Crippen LogP contribution is 2.40. The number of nitrogens with zero attached hydrogens (tertiary/aromatic N) is 3. The van der Waals surface area contributed by atoms with Crippen LogP contribution in [0.25, 0.3) is 11.4 Å². The highest BCUT2D eigenvalue weighted by Gasteiger charge is 2.46. The van der Waals surface area contributed by atoms with Crippen molar-refractivity contribution in [3.8, 4) is 5.75 Å². The predicted octanol–water partition coefficient (Wildman–Crippen LogP) is 5.37. The molecule has 0 spiro atoms. The molecule has 0 aliphatic carbocycles. The van der Waals surface area contributed by atoms with Crippen LogP contribution in [0, 0.1) is 13.8 Å². The zero-order valence-corrected chi connectivity index (χ0v) is 22.7. The van der Waals surface area contributed by atoms with Crippen molar-refractivity contribution in [2.45, 2.75) is 58.9 Å². The molecule has 8 heteroatoms. The van der Waals surface area contributed by atoms with E-state index in [1.165, 1.54) is 17.7 Å². The molecule has 3 heterocycles. The summed E-state index contributed by atoms with van der Waals surface area (Å²) in [7, 11) is 1.60. The Hall–Kier alpha value is -3.65. The Kier molecular flexibility index (Phi) is 8.84. The summed E-state index contributed by atoms with van der Waals surface area (Å²) in [6.45, 7) is 7.36. The van der Waals surface area contributed by atoms with Crippen molar-refractivity contribution in [3.05, 3.63) is 70.7 Å². The van der Waals surface area contributed by atoms with Gasteiger partial charge in [-0.05, 0) is 56.0 Å². The molecule has 1 amide bonds.